The number of morpholine rings is 2. The molecule has 9 nitrogen and oxygen atoms in total. The Hall–Kier alpha value is -2.49. The maximum Gasteiger partial charge on any atom is 0.181 e. The highest BCUT2D eigenvalue weighted by Crippen LogP contribution is 2.28. The Morgan fingerprint density at radius 1 is 1.00 bits per heavy atom. The summed E-state index contributed by atoms with van der Waals surface area (Å²) in [7, 11) is 0. The van der Waals surface area contributed by atoms with E-state index in [4.69, 9.17) is 14.5 Å². The van der Waals surface area contributed by atoms with Crippen LogP contribution < -0.4 is 4.90 Å². The van der Waals surface area contributed by atoms with E-state index in [1.54, 1.807) is 0 Å². The third kappa shape index (κ3) is 3.73. The Morgan fingerprint density at radius 3 is 2.55 bits per heavy atom. The smallest absolute Gasteiger partial charge is 0.181 e. The molecule has 0 aliphatic carbocycles. The molecule has 2 aliphatic heterocycles. The van der Waals surface area contributed by atoms with Gasteiger partial charge in [0.1, 0.15) is 0 Å². The highest BCUT2D eigenvalue weighted by molar-refractivity contribution is 5.73. The minimum absolute atomic E-state index is 0.727. The van der Waals surface area contributed by atoms with Crippen molar-refractivity contribution in [3.05, 3.63) is 30.5 Å². The molecule has 2 saturated heterocycles. The molecule has 3 aromatic rings. The van der Waals surface area contributed by atoms with Crippen molar-refractivity contribution >= 4 is 11.5 Å². The van der Waals surface area contributed by atoms with Gasteiger partial charge in [-0.25, -0.2) is 9.97 Å². The van der Waals surface area contributed by atoms with Gasteiger partial charge in [-0.05, 0) is 6.92 Å². The molecule has 0 unspecified atom stereocenters. The van der Waals surface area contributed by atoms with E-state index in [1.807, 2.05) is 23.3 Å². The SMILES string of the molecule is Cc1nc2c(N3CCOCC3)nccn2c1-c1cnn(CCN2CCOCC2)c1. The number of rotatable bonds is 5. The number of nitrogens with zero attached hydrogens (tertiary/aromatic N) is 7. The predicted octanol–water partition coefficient (Wildman–Crippen LogP) is 1.07. The molecular formula is C20H27N7O2. The molecule has 2 aliphatic rings. The summed E-state index contributed by atoms with van der Waals surface area (Å²) in [5.74, 6) is 0.921. The van der Waals surface area contributed by atoms with Gasteiger partial charge in [0.05, 0.1) is 50.6 Å². The second-order valence-electron chi connectivity index (χ2n) is 7.54. The lowest BCUT2D eigenvalue weighted by Crippen LogP contribution is -2.38. The van der Waals surface area contributed by atoms with Crippen LogP contribution in [0.3, 0.4) is 0 Å². The van der Waals surface area contributed by atoms with Gasteiger partial charge in [-0.2, -0.15) is 5.10 Å². The number of hydrogen-bond acceptors (Lipinski definition) is 7. The van der Waals surface area contributed by atoms with Crippen LogP contribution in [0.5, 0.6) is 0 Å². The average molecular weight is 397 g/mol. The molecule has 0 N–H and O–H groups in total. The van der Waals surface area contributed by atoms with Crippen LogP contribution in [0.1, 0.15) is 5.69 Å². The lowest BCUT2D eigenvalue weighted by atomic mass is 10.2. The number of imidazole rings is 1. The second-order valence-corrected chi connectivity index (χ2v) is 7.54. The van der Waals surface area contributed by atoms with Gasteiger partial charge in [0.25, 0.3) is 0 Å². The predicted molar refractivity (Wildman–Crippen MR) is 109 cm³/mol. The summed E-state index contributed by atoms with van der Waals surface area (Å²) in [4.78, 5) is 14.1. The summed E-state index contributed by atoms with van der Waals surface area (Å²) in [5.41, 5.74) is 4.04. The third-order valence-corrected chi connectivity index (χ3v) is 5.66. The van der Waals surface area contributed by atoms with Crippen molar-refractivity contribution in [3.63, 3.8) is 0 Å². The molecule has 0 saturated carbocycles. The maximum atomic E-state index is 5.48. The summed E-state index contributed by atoms with van der Waals surface area (Å²) >= 11 is 0. The topological polar surface area (TPSA) is 73.0 Å². The Balaban J connectivity index is 1.40. The Kier molecular flexibility index (Phi) is 5.17. The van der Waals surface area contributed by atoms with Crippen LogP contribution in [0, 0.1) is 6.92 Å². The van der Waals surface area contributed by atoms with Gasteiger partial charge in [-0.15, -0.1) is 0 Å². The lowest BCUT2D eigenvalue weighted by molar-refractivity contribution is 0.0360. The minimum atomic E-state index is 0.727. The van der Waals surface area contributed by atoms with Crippen LogP contribution in [-0.2, 0) is 16.0 Å². The van der Waals surface area contributed by atoms with Crippen molar-refractivity contribution in [2.24, 2.45) is 0 Å². The summed E-state index contributed by atoms with van der Waals surface area (Å²) in [6.45, 7) is 10.7. The van der Waals surface area contributed by atoms with E-state index < -0.39 is 0 Å². The molecule has 0 bridgehead atoms. The van der Waals surface area contributed by atoms with Crippen molar-refractivity contribution in [1.82, 2.24) is 29.0 Å². The number of anilines is 1. The number of aryl methyl sites for hydroxylation is 1. The minimum Gasteiger partial charge on any atom is -0.379 e. The molecule has 9 heteroatoms. The number of ether oxygens (including phenoxy) is 2. The quantitative estimate of drug-likeness (QED) is 0.638. The summed E-state index contributed by atoms with van der Waals surface area (Å²) < 4.78 is 15.1. The fraction of sp³-hybridized carbons (Fsp3) is 0.550. The summed E-state index contributed by atoms with van der Waals surface area (Å²) in [5, 5.41) is 4.59. The molecule has 2 fully saturated rings. The van der Waals surface area contributed by atoms with E-state index in [9.17, 15) is 0 Å². The molecule has 154 valence electrons. The van der Waals surface area contributed by atoms with E-state index >= 15 is 0 Å². The molecule has 0 aromatic carbocycles. The molecule has 5 heterocycles. The number of hydrogen-bond donors (Lipinski definition) is 0. The van der Waals surface area contributed by atoms with E-state index in [0.29, 0.717) is 0 Å². The zero-order chi connectivity index (χ0) is 19.6. The Labute approximate surface area is 169 Å². The first kappa shape index (κ1) is 18.5. The van der Waals surface area contributed by atoms with E-state index in [1.165, 1.54) is 0 Å². The van der Waals surface area contributed by atoms with Gasteiger partial charge >= 0.3 is 0 Å². The highest BCUT2D eigenvalue weighted by Gasteiger charge is 2.20. The van der Waals surface area contributed by atoms with E-state index in [2.05, 4.69) is 37.4 Å². The van der Waals surface area contributed by atoms with Crippen molar-refractivity contribution in [3.8, 4) is 11.3 Å². The third-order valence-electron chi connectivity index (χ3n) is 5.66. The van der Waals surface area contributed by atoms with Gasteiger partial charge in [-0.3, -0.25) is 14.0 Å². The molecule has 5 rings (SSSR count). The molecule has 0 amide bonds. The Morgan fingerprint density at radius 2 is 1.76 bits per heavy atom. The zero-order valence-corrected chi connectivity index (χ0v) is 16.8. The fourth-order valence-corrected chi connectivity index (χ4v) is 4.10. The van der Waals surface area contributed by atoms with Gasteiger partial charge in [0, 0.05) is 56.9 Å². The van der Waals surface area contributed by atoms with Gasteiger partial charge in [0.2, 0.25) is 0 Å². The standard InChI is InChI=1S/C20H27N7O2/c1-16-18(17-14-22-26(15-17)5-4-24-6-10-28-11-7-24)27-3-2-21-19(20(27)23-16)25-8-12-29-13-9-25/h2-3,14-15H,4-13H2,1H3. The largest absolute Gasteiger partial charge is 0.379 e. The molecule has 3 aromatic heterocycles. The van der Waals surface area contributed by atoms with E-state index in [0.717, 1.165) is 94.1 Å². The van der Waals surface area contributed by atoms with Crippen LogP contribution >= 0.6 is 0 Å². The number of fused-ring (bicyclic) bond motifs is 1. The molecule has 0 radical (unpaired) electrons. The van der Waals surface area contributed by atoms with Crippen molar-refractivity contribution in [2.75, 3.05) is 64.1 Å². The van der Waals surface area contributed by atoms with Crippen molar-refractivity contribution in [1.29, 1.82) is 0 Å². The van der Waals surface area contributed by atoms with Crippen LogP contribution in [0.4, 0.5) is 5.82 Å². The molecule has 0 spiro atoms. The molecule has 29 heavy (non-hydrogen) atoms. The first-order valence-corrected chi connectivity index (χ1v) is 10.3. The maximum absolute atomic E-state index is 5.48. The van der Waals surface area contributed by atoms with Gasteiger partial charge < -0.3 is 14.4 Å². The normalized spacial score (nSPS) is 18.6. The summed E-state index contributed by atoms with van der Waals surface area (Å²) in [6, 6.07) is 0. The number of aromatic nitrogens is 5. The molecule has 0 atom stereocenters. The van der Waals surface area contributed by atoms with Crippen LogP contribution in [0.25, 0.3) is 16.9 Å². The van der Waals surface area contributed by atoms with Gasteiger partial charge in [-0.1, -0.05) is 0 Å². The van der Waals surface area contributed by atoms with Crippen LogP contribution in [0.2, 0.25) is 0 Å². The first-order chi connectivity index (χ1) is 14.3. The monoisotopic (exact) mass is 397 g/mol. The Bertz CT molecular complexity index is 971. The lowest BCUT2D eigenvalue weighted by Gasteiger charge is -2.27. The zero-order valence-electron chi connectivity index (χ0n) is 16.8. The average Bonchev–Trinajstić information content (AvgIpc) is 3.36. The fourth-order valence-electron chi connectivity index (χ4n) is 4.10. The van der Waals surface area contributed by atoms with Crippen LogP contribution in [-0.4, -0.2) is 88.2 Å². The second kappa shape index (κ2) is 8.10. The molecular weight excluding hydrogens is 370 g/mol. The van der Waals surface area contributed by atoms with Gasteiger partial charge in [0.15, 0.2) is 11.5 Å². The van der Waals surface area contributed by atoms with Crippen LogP contribution in [0.15, 0.2) is 24.8 Å². The van der Waals surface area contributed by atoms with Crippen molar-refractivity contribution < 1.29 is 9.47 Å². The highest BCUT2D eigenvalue weighted by atomic mass is 16.5. The van der Waals surface area contributed by atoms with E-state index in [-0.39, 0.29) is 0 Å². The van der Waals surface area contributed by atoms with Crippen molar-refractivity contribution in [2.45, 2.75) is 13.5 Å². The summed E-state index contributed by atoms with van der Waals surface area (Å²) in [6.07, 6.45) is 7.89. The first-order valence-electron chi connectivity index (χ1n) is 10.3.